The van der Waals surface area contributed by atoms with Crippen molar-refractivity contribution >= 4 is 28.3 Å². The van der Waals surface area contributed by atoms with E-state index >= 15 is 0 Å². The number of hydrogen-bond donors (Lipinski definition) is 0. The zero-order chi connectivity index (χ0) is 23.0. The molecule has 1 atom stereocenters. The van der Waals surface area contributed by atoms with Crippen LogP contribution in [-0.4, -0.2) is 42.7 Å². The molecule has 1 saturated heterocycles. The Hall–Kier alpha value is -2.51. The van der Waals surface area contributed by atoms with Gasteiger partial charge in [0.25, 0.3) is 0 Å². The van der Waals surface area contributed by atoms with Crippen molar-refractivity contribution in [1.29, 1.82) is 0 Å². The topological polar surface area (TPSA) is 29.5 Å². The number of nitrogens with zero attached hydrogens (tertiary/aromatic N) is 1. The lowest BCUT2D eigenvalue weighted by molar-refractivity contribution is -0.138. The Bertz CT molecular complexity index is 1190. The number of rotatable bonds is 5. The normalized spacial score (nSPS) is 18.8. The quantitative estimate of drug-likeness (QED) is 0.403. The number of likely N-dealkylation sites (tertiary alicyclic amines) is 1. The molecular formula is C26H24F3NO2S. The molecule has 33 heavy (non-hydrogen) atoms. The zero-order valence-electron chi connectivity index (χ0n) is 18.0. The van der Waals surface area contributed by atoms with E-state index in [2.05, 4.69) is 11.0 Å². The summed E-state index contributed by atoms with van der Waals surface area (Å²) in [6.45, 7) is 2.50. The van der Waals surface area contributed by atoms with E-state index < -0.39 is 11.7 Å². The summed E-state index contributed by atoms with van der Waals surface area (Å²) in [7, 11) is 0. The Morgan fingerprint density at radius 3 is 2.79 bits per heavy atom. The van der Waals surface area contributed by atoms with E-state index in [1.54, 1.807) is 23.9 Å². The van der Waals surface area contributed by atoms with Crippen LogP contribution < -0.4 is 4.74 Å². The fourth-order valence-electron chi connectivity index (χ4n) is 4.76. The van der Waals surface area contributed by atoms with Gasteiger partial charge in [0.15, 0.2) is 5.78 Å². The molecule has 3 nitrogen and oxygen atoms in total. The highest BCUT2D eigenvalue weighted by atomic mass is 32.2. The highest BCUT2D eigenvalue weighted by Crippen LogP contribution is 2.39. The van der Waals surface area contributed by atoms with Gasteiger partial charge in [0.2, 0.25) is 0 Å². The summed E-state index contributed by atoms with van der Waals surface area (Å²) in [5, 5.41) is 2.06. The van der Waals surface area contributed by atoms with Crippen molar-refractivity contribution in [2.75, 3.05) is 32.0 Å². The highest BCUT2D eigenvalue weighted by molar-refractivity contribution is 7.99. The van der Waals surface area contributed by atoms with E-state index in [9.17, 15) is 18.0 Å². The third kappa shape index (κ3) is 4.75. The van der Waals surface area contributed by atoms with Gasteiger partial charge in [-0.15, -0.1) is 11.8 Å². The molecular weight excluding hydrogens is 447 g/mol. The van der Waals surface area contributed by atoms with Gasteiger partial charge >= 0.3 is 6.18 Å². The summed E-state index contributed by atoms with van der Waals surface area (Å²) in [5.41, 5.74) is 0.482. The summed E-state index contributed by atoms with van der Waals surface area (Å²) >= 11 is 1.76. The van der Waals surface area contributed by atoms with Gasteiger partial charge in [-0.3, -0.25) is 4.79 Å². The number of ketones is 1. The number of ether oxygens (including phenoxy) is 1. The van der Waals surface area contributed by atoms with Gasteiger partial charge in [0, 0.05) is 30.8 Å². The molecule has 172 valence electrons. The predicted octanol–water partition coefficient (Wildman–Crippen LogP) is 6.41. The molecule has 0 bridgehead atoms. The lowest BCUT2D eigenvalue weighted by Crippen LogP contribution is -2.24. The molecule has 7 heteroatoms. The average molecular weight is 472 g/mol. The summed E-state index contributed by atoms with van der Waals surface area (Å²) in [4.78, 5) is 16.1. The minimum Gasteiger partial charge on any atom is -0.492 e. The van der Waals surface area contributed by atoms with Crippen molar-refractivity contribution in [3.8, 4) is 5.75 Å². The van der Waals surface area contributed by atoms with Crippen LogP contribution in [0.3, 0.4) is 0 Å². The molecule has 0 radical (unpaired) electrons. The maximum absolute atomic E-state index is 13.4. The molecule has 0 saturated carbocycles. The first-order valence-corrected chi connectivity index (χ1v) is 12.1. The van der Waals surface area contributed by atoms with E-state index in [0.29, 0.717) is 50.2 Å². The third-order valence-corrected chi connectivity index (χ3v) is 7.46. The maximum Gasteiger partial charge on any atom is 0.416 e. The predicted molar refractivity (Wildman–Crippen MR) is 124 cm³/mol. The Morgan fingerprint density at radius 1 is 1.09 bits per heavy atom. The van der Waals surface area contributed by atoms with E-state index in [1.165, 1.54) is 6.07 Å². The number of Topliss-reactive ketones (excluding diaryl/α,β-unsaturated/α-hetero) is 1. The molecule has 0 spiro atoms. The Balaban J connectivity index is 1.23. The molecule has 2 heterocycles. The van der Waals surface area contributed by atoms with E-state index in [4.69, 9.17) is 4.74 Å². The van der Waals surface area contributed by atoms with Crippen LogP contribution in [0.5, 0.6) is 5.75 Å². The second kappa shape index (κ2) is 9.03. The van der Waals surface area contributed by atoms with Gasteiger partial charge in [-0.05, 0) is 59.5 Å². The van der Waals surface area contributed by atoms with Crippen molar-refractivity contribution in [3.63, 3.8) is 0 Å². The van der Waals surface area contributed by atoms with Gasteiger partial charge in [0.05, 0.1) is 17.1 Å². The molecule has 2 aliphatic heterocycles. The molecule has 0 N–H and O–H groups in total. The Kier molecular flexibility index (Phi) is 6.10. The Morgan fingerprint density at radius 2 is 1.94 bits per heavy atom. The fraction of sp³-hybridized carbons (Fsp3) is 0.346. The van der Waals surface area contributed by atoms with Crippen molar-refractivity contribution < 1.29 is 22.7 Å². The molecule has 3 aromatic rings. The lowest BCUT2D eigenvalue weighted by atomic mass is 9.93. The van der Waals surface area contributed by atoms with Crippen LogP contribution in [0.25, 0.3) is 10.8 Å². The smallest absolute Gasteiger partial charge is 0.416 e. The minimum absolute atomic E-state index is 0.0534. The largest absolute Gasteiger partial charge is 0.492 e. The number of carbonyl (C=O) groups excluding carboxylic acids is 1. The first kappa shape index (κ1) is 22.3. The monoisotopic (exact) mass is 471 g/mol. The average Bonchev–Trinajstić information content (AvgIpc) is 3.29. The molecule has 0 aromatic heterocycles. The van der Waals surface area contributed by atoms with Crippen molar-refractivity contribution in [2.45, 2.75) is 29.8 Å². The number of halogens is 3. The number of carbonyl (C=O) groups is 1. The first-order chi connectivity index (χ1) is 15.9. The number of alkyl halides is 3. The summed E-state index contributed by atoms with van der Waals surface area (Å²) in [5.74, 6) is 1.71. The second-order valence-corrected chi connectivity index (χ2v) is 9.74. The van der Waals surface area contributed by atoms with E-state index in [0.717, 1.165) is 33.2 Å². The molecule has 5 rings (SSSR count). The number of benzene rings is 3. The summed E-state index contributed by atoms with van der Waals surface area (Å²) < 4.78 is 45.9. The standard InChI is InChI=1S/C26H24F3NO2S/c27-26(28,29)22-4-2-1-3-21(22)19-7-9-30(16-19)10-8-23(31)18-6-5-17-14-24-25(15-20(17)13-18)33-12-11-32-24/h1-6,13-15,19H,7-12,16H2. The van der Waals surface area contributed by atoms with Crippen molar-refractivity contribution in [2.24, 2.45) is 0 Å². The maximum atomic E-state index is 13.4. The van der Waals surface area contributed by atoms with Crippen LogP contribution in [0, 0.1) is 0 Å². The highest BCUT2D eigenvalue weighted by Gasteiger charge is 2.36. The van der Waals surface area contributed by atoms with Crippen molar-refractivity contribution in [3.05, 3.63) is 71.3 Å². The number of fused-ring (bicyclic) bond motifs is 2. The van der Waals surface area contributed by atoms with Gasteiger partial charge < -0.3 is 9.64 Å². The lowest BCUT2D eigenvalue weighted by Gasteiger charge is -2.19. The molecule has 2 aliphatic rings. The second-order valence-electron chi connectivity index (χ2n) is 8.60. The third-order valence-electron chi connectivity index (χ3n) is 6.46. The van der Waals surface area contributed by atoms with Crippen LogP contribution in [0.1, 0.15) is 40.2 Å². The molecule has 1 unspecified atom stereocenters. The van der Waals surface area contributed by atoms with Crippen LogP contribution in [0.2, 0.25) is 0 Å². The molecule has 0 amide bonds. The first-order valence-electron chi connectivity index (χ1n) is 11.1. The van der Waals surface area contributed by atoms with E-state index in [-0.39, 0.29) is 11.7 Å². The minimum atomic E-state index is -4.35. The fourth-order valence-corrected chi connectivity index (χ4v) is 5.62. The van der Waals surface area contributed by atoms with Crippen LogP contribution >= 0.6 is 11.8 Å². The summed E-state index contributed by atoms with van der Waals surface area (Å²) in [6, 6.07) is 15.7. The number of hydrogen-bond acceptors (Lipinski definition) is 4. The number of thioether (sulfide) groups is 1. The van der Waals surface area contributed by atoms with Gasteiger partial charge in [-0.2, -0.15) is 13.2 Å². The van der Waals surface area contributed by atoms with E-state index in [1.807, 2.05) is 24.3 Å². The van der Waals surface area contributed by atoms with Crippen LogP contribution in [-0.2, 0) is 6.18 Å². The van der Waals surface area contributed by atoms with Gasteiger partial charge in [-0.1, -0.05) is 30.3 Å². The van der Waals surface area contributed by atoms with Crippen molar-refractivity contribution in [1.82, 2.24) is 4.90 Å². The Labute approximate surface area is 194 Å². The van der Waals surface area contributed by atoms with Crippen LogP contribution in [0.15, 0.2) is 59.5 Å². The molecule has 1 fully saturated rings. The van der Waals surface area contributed by atoms with Gasteiger partial charge in [-0.25, -0.2) is 0 Å². The zero-order valence-corrected chi connectivity index (χ0v) is 18.8. The van der Waals surface area contributed by atoms with Gasteiger partial charge in [0.1, 0.15) is 5.75 Å². The van der Waals surface area contributed by atoms with Crippen LogP contribution in [0.4, 0.5) is 13.2 Å². The SMILES string of the molecule is O=C(CCN1CCC(c2ccccc2C(F)(F)F)C1)c1ccc2cc3c(cc2c1)SCCO3. The molecule has 3 aromatic carbocycles. The summed E-state index contributed by atoms with van der Waals surface area (Å²) in [6.07, 6.45) is -3.33. The molecule has 0 aliphatic carbocycles.